The van der Waals surface area contributed by atoms with Gasteiger partial charge in [0.2, 0.25) is 0 Å². The van der Waals surface area contributed by atoms with Crippen LogP contribution in [-0.4, -0.2) is 37.0 Å². The lowest BCUT2D eigenvalue weighted by atomic mass is 10.1. The van der Waals surface area contributed by atoms with Gasteiger partial charge in [-0.2, -0.15) is 9.61 Å². The normalized spacial score (nSPS) is 10.9. The van der Waals surface area contributed by atoms with Crippen LogP contribution in [0.4, 0.5) is 5.69 Å². The van der Waals surface area contributed by atoms with Gasteiger partial charge in [0.1, 0.15) is 0 Å². The molecule has 156 valence electrons. The van der Waals surface area contributed by atoms with E-state index in [2.05, 4.69) is 20.5 Å². The van der Waals surface area contributed by atoms with Crippen molar-refractivity contribution in [3.63, 3.8) is 0 Å². The molecule has 3 heterocycles. The number of amides is 1. The van der Waals surface area contributed by atoms with E-state index in [1.807, 2.05) is 79.1 Å². The van der Waals surface area contributed by atoms with E-state index in [1.165, 1.54) is 0 Å². The number of aromatic nitrogens is 5. The molecule has 5 rings (SSSR count). The average molecular weight is 439 g/mol. The SMILES string of the molecule is CSc1ccccc1C(=O)Nc1cccc(-c2ccc3nnc(-c4ccncc4)n3n2)c1. The smallest absolute Gasteiger partial charge is 0.256 e. The zero-order valence-corrected chi connectivity index (χ0v) is 18.0. The van der Waals surface area contributed by atoms with Crippen molar-refractivity contribution >= 4 is 29.0 Å². The van der Waals surface area contributed by atoms with Gasteiger partial charge in [-0.3, -0.25) is 9.78 Å². The topological polar surface area (TPSA) is 85.1 Å². The van der Waals surface area contributed by atoms with Gasteiger partial charge < -0.3 is 5.32 Å². The first kappa shape index (κ1) is 19.9. The number of carbonyl (C=O) groups excluding carboxylic acids is 1. The van der Waals surface area contributed by atoms with Gasteiger partial charge in [-0.05, 0) is 54.8 Å². The van der Waals surface area contributed by atoms with Crippen LogP contribution in [0.2, 0.25) is 0 Å². The van der Waals surface area contributed by atoms with Crippen LogP contribution in [0, 0.1) is 0 Å². The van der Waals surface area contributed by atoms with E-state index in [4.69, 9.17) is 5.10 Å². The molecule has 0 bridgehead atoms. The van der Waals surface area contributed by atoms with Crippen molar-refractivity contribution in [2.24, 2.45) is 0 Å². The van der Waals surface area contributed by atoms with Crippen LogP contribution in [0.1, 0.15) is 10.4 Å². The monoisotopic (exact) mass is 438 g/mol. The molecule has 2 aromatic carbocycles. The Bertz CT molecular complexity index is 1420. The van der Waals surface area contributed by atoms with Crippen LogP contribution in [0.25, 0.3) is 28.3 Å². The maximum absolute atomic E-state index is 12.8. The van der Waals surface area contributed by atoms with Crippen LogP contribution in [0.5, 0.6) is 0 Å². The third-order valence-electron chi connectivity index (χ3n) is 4.97. The summed E-state index contributed by atoms with van der Waals surface area (Å²) in [6.07, 6.45) is 5.38. The predicted molar refractivity (Wildman–Crippen MR) is 126 cm³/mol. The van der Waals surface area contributed by atoms with Gasteiger partial charge in [0, 0.05) is 34.1 Å². The fraction of sp³-hybridized carbons (Fsp3) is 0.0417. The van der Waals surface area contributed by atoms with Crippen molar-refractivity contribution < 1.29 is 4.79 Å². The zero-order valence-electron chi connectivity index (χ0n) is 17.1. The molecule has 0 saturated carbocycles. The molecule has 0 aliphatic carbocycles. The summed E-state index contributed by atoms with van der Waals surface area (Å²) >= 11 is 1.55. The Morgan fingerprint density at radius 2 is 1.75 bits per heavy atom. The maximum Gasteiger partial charge on any atom is 0.256 e. The minimum absolute atomic E-state index is 0.144. The number of hydrogen-bond donors (Lipinski definition) is 1. The molecule has 3 aromatic heterocycles. The molecular weight excluding hydrogens is 420 g/mol. The third-order valence-corrected chi connectivity index (χ3v) is 5.76. The van der Waals surface area contributed by atoms with Crippen molar-refractivity contribution in [1.29, 1.82) is 0 Å². The minimum atomic E-state index is -0.144. The van der Waals surface area contributed by atoms with Gasteiger partial charge >= 0.3 is 0 Å². The molecule has 0 spiro atoms. The molecule has 0 atom stereocenters. The molecule has 0 saturated heterocycles. The number of carbonyl (C=O) groups is 1. The van der Waals surface area contributed by atoms with Crippen molar-refractivity contribution in [1.82, 2.24) is 24.8 Å². The highest BCUT2D eigenvalue weighted by Crippen LogP contribution is 2.25. The van der Waals surface area contributed by atoms with Crippen molar-refractivity contribution in [2.45, 2.75) is 4.90 Å². The number of fused-ring (bicyclic) bond motifs is 1. The van der Waals surface area contributed by atoms with E-state index >= 15 is 0 Å². The Balaban J connectivity index is 1.47. The Morgan fingerprint density at radius 3 is 2.59 bits per heavy atom. The van der Waals surface area contributed by atoms with Gasteiger partial charge in [0.05, 0.1) is 11.3 Å². The van der Waals surface area contributed by atoms with Crippen molar-refractivity contribution in [2.75, 3.05) is 11.6 Å². The number of rotatable bonds is 5. The summed E-state index contributed by atoms with van der Waals surface area (Å²) in [5.41, 5.74) is 4.50. The van der Waals surface area contributed by atoms with E-state index in [0.717, 1.165) is 21.7 Å². The molecular formula is C24H18N6OS. The Labute approximate surface area is 188 Å². The quantitative estimate of drug-likeness (QED) is 0.396. The summed E-state index contributed by atoms with van der Waals surface area (Å²) in [4.78, 5) is 17.8. The number of nitrogens with one attached hydrogen (secondary N) is 1. The summed E-state index contributed by atoms with van der Waals surface area (Å²) in [5, 5.41) is 16.2. The largest absolute Gasteiger partial charge is 0.322 e. The van der Waals surface area contributed by atoms with Crippen LogP contribution < -0.4 is 5.32 Å². The molecule has 7 nitrogen and oxygen atoms in total. The van der Waals surface area contributed by atoms with Gasteiger partial charge in [0.25, 0.3) is 5.91 Å². The van der Waals surface area contributed by atoms with E-state index in [0.29, 0.717) is 22.7 Å². The number of benzene rings is 2. The fourth-order valence-corrected chi connectivity index (χ4v) is 4.01. The van der Waals surface area contributed by atoms with Gasteiger partial charge in [-0.1, -0.05) is 24.3 Å². The third kappa shape index (κ3) is 3.83. The number of hydrogen-bond acceptors (Lipinski definition) is 6. The molecule has 8 heteroatoms. The summed E-state index contributed by atoms with van der Waals surface area (Å²) in [6.45, 7) is 0. The Morgan fingerprint density at radius 1 is 0.906 bits per heavy atom. The predicted octanol–water partition coefficient (Wildman–Crippen LogP) is 4.83. The zero-order chi connectivity index (χ0) is 21.9. The summed E-state index contributed by atoms with van der Waals surface area (Å²) in [5.74, 6) is 0.497. The Kier molecular flexibility index (Phi) is 5.35. The summed E-state index contributed by atoms with van der Waals surface area (Å²) in [7, 11) is 0. The first-order valence-electron chi connectivity index (χ1n) is 9.90. The first-order valence-corrected chi connectivity index (χ1v) is 11.1. The van der Waals surface area contributed by atoms with Crippen molar-refractivity contribution in [3.8, 4) is 22.6 Å². The Hall–Kier alpha value is -4.04. The molecule has 0 aliphatic rings. The van der Waals surface area contributed by atoms with Crippen LogP contribution in [0.15, 0.2) is 90.1 Å². The highest BCUT2D eigenvalue weighted by molar-refractivity contribution is 7.98. The maximum atomic E-state index is 12.8. The fourth-order valence-electron chi connectivity index (χ4n) is 3.41. The van der Waals surface area contributed by atoms with Crippen LogP contribution in [-0.2, 0) is 0 Å². The lowest BCUT2D eigenvalue weighted by molar-refractivity contribution is 0.102. The van der Waals surface area contributed by atoms with Crippen LogP contribution >= 0.6 is 11.8 Å². The number of nitrogens with zero attached hydrogens (tertiary/aromatic N) is 5. The van der Waals surface area contributed by atoms with E-state index in [-0.39, 0.29) is 5.91 Å². The molecule has 1 N–H and O–H groups in total. The van der Waals surface area contributed by atoms with Gasteiger partial charge in [-0.15, -0.1) is 22.0 Å². The molecule has 0 aliphatic heterocycles. The molecule has 0 unspecified atom stereocenters. The highest BCUT2D eigenvalue weighted by atomic mass is 32.2. The molecule has 0 radical (unpaired) electrons. The highest BCUT2D eigenvalue weighted by Gasteiger charge is 2.13. The van der Waals surface area contributed by atoms with Crippen LogP contribution in [0.3, 0.4) is 0 Å². The second kappa shape index (κ2) is 8.60. The number of pyridine rings is 1. The second-order valence-corrected chi connectivity index (χ2v) is 7.83. The average Bonchev–Trinajstić information content (AvgIpc) is 3.28. The summed E-state index contributed by atoms with van der Waals surface area (Å²) in [6, 6.07) is 22.7. The molecule has 5 aromatic rings. The lowest BCUT2D eigenvalue weighted by Gasteiger charge is -2.10. The lowest BCUT2D eigenvalue weighted by Crippen LogP contribution is -2.12. The summed E-state index contributed by atoms with van der Waals surface area (Å²) < 4.78 is 1.71. The molecule has 32 heavy (non-hydrogen) atoms. The second-order valence-electron chi connectivity index (χ2n) is 6.98. The first-order chi connectivity index (χ1) is 15.7. The van der Waals surface area contributed by atoms with Crippen molar-refractivity contribution in [3.05, 3.63) is 90.8 Å². The van der Waals surface area contributed by atoms with E-state index in [1.54, 1.807) is 28.7 Å². The standard InChI is InChI=1S/C24H18N6OS/c1-32-21-8-3-2-7-19(21)24(31)26-18-6-4-5-17(15-18)20-9-10-22-27-28-23(30(22)29-20)16-11-13-25-14-12-16/h2-15H,1H3,(H,26,31). The molecule has 0 fully saturated rings. The minimum Gasteiger partial charge on any atom is -0.322 e. The van der Waals surface area contributed by atoms with Gasteiger partial charge in [0.15, 0.2) is 11.5 Å². The number of thioether (sulfide) groups is 1. The number of anilines is 1. The van der Waals surface area contributed by atoms with E-state index in [9.17, 15) is 4.79 Å². The van der Waals surface area contributed by atoms with E-state index < -0.39 is 0 Å². The molecule has 1 amide bonds. The van der Waals surface area contributed by atoms with Gasteiger partial charge in [-0.25, -0.2) is 0 Å².